The third kappa shape index (κ3) is 3.37. The fourth-order valence-corrected chi connectivity index (χ4v) is 3.08. The van der Waals surface area contributed by atoms with E-state index in [-0.39, 0.29) is 5.41 Å². The van der Waals surface area contributed by atoms with Gasteiger partial charge in [0.25, 0.3) is 0 Å². The number of likely N-dealkylation sites (tertiary alicyclic amines) is 1. The largest absolute Gasteiger partial charge is 0.397 e. The van der Waals surface area contributed by atoms with Crippen molar-refractivity contribution in [3.05, 3.63) is 0 Å². The highest BCUT2D eigenvalue weighted by molar-refractivity contribution is 5.77. The lowest BCUT2D eigenvalue weighted by molar-refractivity contribution is -0.164. The molecule has 0 bridgehead atoms. The van der Waals surface area contributed by atoms with Crippen molar-refractivity contribution in [2.75, 3.05) is 26.2 Å². The highest BCUT2D eigenvalue weighted by atomic mass is 19.4. The molecule has 2 fully saturated rings. The Kier molecular flexibility index (Phi) is 3.84. The number of carbonyl (C=O) groups is 1. The van der Waals surface area contributed by atoms with Gasteiger partial charge in [0.1, 0.15) is 6.42 Å². The van der Waals surface area contributed by atoms with Gasteiger partial charge < -0.3 is 10.2 Å². The molecule has 1 unspecified atom stereocenters. The summed E-state index contributed by atoms with van der Waals surface area (Å²) in [5.74, 6) is -0.771. The average Bonchev–Trinajstić information content (AvgIpc) is 2.28. The summed E-state index contributed by atoms with van der Waals surface area (Å²) in [6.07, 6.45) is -1.85. The van der Waals surface area contributed by atoms with Crippen LogP contribution in [0.15, 0.2) is 0 Å². The third-order valence-corrected chi connectivity index (χ3v) is 3.93. The summed E-state index contributed by atoms with van der Waals surface area (Å²) in [5.41, 5.74) is 0.0117. The van der Waals surface area contributed by atoms with Crippen molar-refractivity contribution in [3.8, 4) is 0 Å². The van der Waals surface area contributed by atoms with Gasteiger partial charge in [-0.15, -0.1) is 0 Å². The fraction of sp³-hybridized carbons (Fsp3) is 0.917. The number of carbonyl (C=O) groups excluding carboxylic acids is 1. The van der Waals surface area contributed by atoms with Gasteiger partial charge in [0.2, 0.25) is 5.91 Å². The van der Waals surface area contributed by atoms with Crippen LogP contribution in [-0.2, 0) is 4.79 Å². The lowest BCUT2D eigenvalue weighted by Gasteiger charge is -2.45. The molecule has 0 radical (unpaired) electrons. The second-order valence-electron chi connectivity index (χ2n) is 5.49. The first-order valence-electron chi connectivity index (χ1n) is 6.46. The maximum absolute atomic E-state index is 12.2. The van der Waals surface area contributed by atoms with Gasteiger partial charge in [0.15, 0.2) is 0 Å². The number of hydrogen-bond acceptors (Lipinski definition) is 2. The number of rotatable bonds is 1. The van der Waals surface area contributed by atoms with Crippen LogP contribution in [-0.4, -0.2) is 43.2 Å². The molecule has 0 aromatic rings. The number of hydrogen-bond donors (Lipinski definition) is 1. The molecule has 1 N–H and O–H groups in total. The number of alkyl halides is 3. The van der Waals surface area contributed by atoms with Gasteiger partial charge in [-0.3, -0.25) is 4.79 Å². The molecule has 2 saturated heterocycles. The number of nitrogens with zero attached hydrogens (tertiary/aromatic N) is 1. The number of halogens is 3. The van der Waals surface area contributed by atoms with Gasteiger partial charge in [-0.05, 0) is 32.2 Å². The fourth-order valence-electron chi connectivity index (χ4n) is 3.08. The normalized spacial score (nSPS) is 29.6. The zero-order chi connectivity index (χ0) is 13.2. The first kappa shape index (κ1) is 13.6. The van der Waals surface area contributed by atoms with Crippen LogP contribution < -0.4 is 5.32 Å². The van der Waals surface area contributed by atoms with Gasteiger partial charge in [-0.2, -0.15) is 13.2 Å². The van der Waals surface area contributed by atoms with Crippen LogP contribution in [0.25, 0.3) is 0 Å². The Morgan fingerprint density at radius 2 is 2.00 bits per heavy atom. The van der Waals surface area contributed by atoms with Crippen LogP contribution in [0.2, 0.25) is 0 Å². The maximum Gasteiger partial charge on any atom is 0.397 e. The minimum atomic E-state index is -4.40. The van der Waals surface area contributed by atoms with E-state index in [1.165, 1.54) is 4.90 Å². The molecular formula is C12H19F3N2O. The molecule has 0 saturated carbocycles. The summed E-state index contributed by atoms with van der Waals surface area (Å²) in [6, 6.07) is 0. The van der Waals surface area contributed by atoms with E-state index in [0.717, 1.165) is 38.8 Å². The van der Waals surface area contributed by atoms with Crippen LogP contribution in [0.1, 0.15) is 32.1 Å². The second-order valence-corrected chi connectivity index (χ2v) is 5.49. The Balaban J connectivity index is 1.95. The number of piperidine rings is 2. The summed E-state index contributed by atoms with van der Waals surface area (Å²) >= 11 is 0. The van der Waals surface area contributed by atoms with Crippen LogP contribution in [0.5, 0.6) is 0 Å². The van der Waals surface area contributed by atoms with Gasteiger partial charge >= 0.3 is 6.18 Å². The van der Waals surface area contributed by atoms with Crippen molar-refractivity contribution in [1.82, 2.24) is 10.2 Å². The first-order chi connectivity index (χ1) is 8.40. The molecule has 0 aromatic heterocycles. The minimum absolute atomic E-state index is 0.0117. The summed E-state index contributed by atoms with van der Waals surface area (Å²) in [7, 11) is 0. The minimum Gasteiger partial charge on any atom is -0.342 e. The molecule has 1 amide bonds. The van der Waals surface area contributed by atoms with Gasteiger partial charge in [0.05, 0.1) is 0 Å². The number of nitrogens with one attached hydrogen (secondary N) is 1. The Hall–Kier alpha value is -0.780. The molecule has 2 aliphatic heterocycles. The third-order valence-electron chi connectivity index (χ3n) is 3.93. The highest BCUT2D eigenvalue weighted by Crippen LogP contribution is 2.36. The van der Waals surface area contributed by atoms with Crippen molar-refractivity contribution in [3.63, 3.8) is 0 Å². The smallest absolute Gasteiger partial charge is 0.342 e. The van der Waals surface area contributed by atoms with Crippen molar-refractivity contribution in [2.45, 2.75) is 38.3 Å². The SMILES string of the molecule is O=C(CC(F)(F)F)N1CCCC2(CCCNC2)C1. The zero-order valence-electron chi connectivity index (χ0n) is 10.4. The summed E-state index contributed by atoms with van der Waals surface area (Å²) in [6.45, 7) is 2.74. The maximum atomic E-state index is 12.2. The van der Waals surface area contributed by atoms with Crippen LogP contribution >= 0.6 is 0 Å². The van der Waals surface area contributed by atoms with E-state index in [9.17, 15) is 18.0 Å². The van der Waals surface area contributed by atoms with E-state index < -0.39 is 18.5 Å². The Labute approximate surface area is 105 Å². The Morgan fingerprint density at radius 3 is 2.61 bits per heavy atom. The van der Waals surface area contributed by atoms with E-state index in [0.29, 0.717) is 13.1 Å². The molecule has 0 aromatic carbocycles. The lowest BCUT2D eigenvalue weighted by atomic mass is 9.74. The van der Waals surface area contributed by atoms with E-state index in [4.69, 9.17) is 0 Å². The number of amides is 1. The van der Waals surface area contributed by atoms with Crippen LogP contribution in [0, 0.1) is 5.41 Å². The average molecular weight is 264 g/mol. The lowest BCUT2D eigenvalue weighted by Crippen LogP contribution is -2.53. The quantitative estimate of drug-likeness (QED) is 0.785. The summed E-state index contributed by atoms with van der Waals surface area (Å²) in [4.78, 5) is 13.0. The molecule has 2 heterocycles. The monoisotopic (exact) mass is 264 g/mol. The molecule has 3 nitrogen and oxygen atoms in total. The molecule has 104 valence electrons. The molecule has 1 atom stereocenters. The predicted molar refractivity (Wildman–Crippen MR) is 61.0 cm³/mol. The molecule has 1 spiro atoms. The second kappa shape index (κ2) is 5.07. The highest BCUT2D eigenvalue weighted by Gasteiger charge is 2.40. The van der Waals surface area contributed by atoms with Gasteiger partial charge in [-0.25, -0.2) is 0 Å². The first-order valence-corrected chi connectivity index (χ1v) is 6.46. The van der Waals surface area contributed by atoms with E-state index in [1.807, 2.05) is 0 Å². The van der Waals surface area contributed by atoms with E-state index in [2.05, 4.69) is 5.32 Å². The topological polar surface area (TPSA) is 32.3 Å². The summed E-state index contributed by atoms with van der Waals surface area (Å²) < 4.78 is 36.7. The summed E-state index contributed by atoms with van der Waals surface area (Å²) in [5, 5.41) is 3.29. The molecule has 6 heteroatoms. The molecule has 2 aliphatic rings. The predicted octanol–water partition coefficient (Wildman–Crippen LogP) is 1.93. The van der Waals surface area contributed by atoms with E-state index in [1.54, 1.807) is 0 Å². The molecule has 18 heavy (non-hydrogen) atoms. The zero-order valence-corrected chi connectivity index (χ0v) is 10.4. The molecular weight excluding hydrogens is 245 g/mol. The van der Waals surface area contributed by atoms with Crippen molar-refractivity contribution >= 4 is 5.91 Å². The molecule has 0 aliphatic carbocycles. The molecule has 2 rings (SSSR count). The van der Waals surface area contributed by atoms with Gasteiger partial charge in [-0.1, -0.05) is 0 Å². The Bertz CT molecular complexity index is 305. The Morgan fingerprint density at radius 1 is 1.28 bits per heavy atom. The van der Waals surface area contributed by atoms with Crippen molar-refractivity contribution < 1.29 is 18.0 Å². The van der Waals surface area contributed by atoms with Gasteiger partial charge in [0, 0.05) is 25.0 Å². The van der Waals surface area contributed by atoms with Crippen LogP contribution in [0.3, 0.4) is 0 Å². The van der Waals surface area contributed by atoms with E-state index >= 15 is 0 Å². The van der Waals surface area contributed by atoms with Crippen LogP contribution in [0.4, 0.5) is 13.2 Å². The van der Waals surface area contributed by atoms with Crippen molar-refractivity contribution in [2.24, 2.45) is 5.41 Å². The standard InChI is InChI=1S/C12H19F3N2O/c13-12(14,15)7-10(18)17-6-2-4-11(9-17)3-1-5-16-8-11/h16H,1-9H2. The van der Waals surface area contributed by atoms with Crippen molar-refractivity contribution in [1.29, 1.82) is 0 Å².